The van der Waals surface area contributed by atoms with E-state index < -0.39 is 23.5 Å². The van der Waals surface area contributed by atoms with E-state index >= 15 is 26.3 Å². The van der Waals surface area contributed by atoms with Crippen molar-refractivity contribution in [1.29, 1.82) is 10.5 Å². The van der Waals surface area contributed by atoms with Crippen LogP contribution in [-0.2, 0) is 12.4 Å². The molecular formula is C52H28F6N4. The number of nitriles is 2. The molecule has 0 aliphatic carbocycles. The van der Waals surface area contributed by atoms with Crippen LogP contribution in [0.3, 0.4) is 0 Å². The monoisotopic (exact) mass is 822 g/mol. The lowest BCUT2D eigenvalue weighted by atomic mass is 9.98. The summed E-state index contributed by atoms with van der Waals surface area (Å²) in [5.74, 6) is 0. The highest BCUT2D eigenvalue weighted by Gasteiger charge is 2.37. The summed E-state index contributed by atoms with van der Waals surface area (Å²) in [5, 5.41) is 21.4. The maximum absolute atomic E-state index is 15.0. The number of hydrogen-bond acceptors (Lipinski definition) is 2. The number of halogens is 6. The molecule has 0 aliphatic heterocycles. The summed E-state index contributed by atoms with van der Waals surface area (Å²) < 4.78 is 93.4. The van der Waals surface area contributed by atoms with Gasteiger partial charge in [-0.25, -0.2) is 0 Å². The fraction of sp³-hybridized carbons (Fsp3) is 0.0385. The Hall–Kier alpha value is -8.08. The molecule has 0 bridgehead atoms. The summed E-state index contributed by atoms with van der Waals surface area (Å²) in [6.45, 7) is 0. The van der Waals surface area contributed by atoms with Gasteiger partial charge in [0.1, 0.15) is 0 Å². The van der Waals surface area contributed by atoms with Gasteiger partial charge in [-0.3, -0.25) is 0 Å². The van der Waals surface area contributed by atoms with E-state index in [0.29, 0.717) is 54.7 Å². The summed E-state index contributed by atoms with van der Waals surface area (Å²) in [7, 11) is 0. The van der Waals surface area contributed by atoms with Crippen LogP contribution in [-0.4, -0.2) is 9.13 Å². The van der Waals surface area contributed by atoms with Crippen LogP contribution >= 0.6 is 0 Å². The number of fused-ring (bicyclic) bond motifs is 6. The zero-order valence-corrected chi connectivity index (χ0v) is 32.2. The molecule has 298 valence electrons. The first kappa shape index (κ1) is 38.1. The molecule has 10 aromatic rings. The van der Waals surface area contributed by atoms with Crippen LogP contribution in [0.25, 0.3) is 88.4 Å². The maximum atomic E-state index is 15.0. The SMILES string of the molecule is N#Cc1ccc(-c2ccc3c(c2)c2ccccc2n3-c2cc(-c3ccc(C(F)(F)F)c(-n4c5ccccc5c5cc(-c6ccc(C#N)cc6)ccc54)c3)ccc2C(F)(F)F)cc1. The molecule has 2 aromatic heterocycles. The third-order valence-corrected chi connectivity index (χ3v) is 11.5. The van der Waals surface area contributed by atoms with Gasteiger partial charge < -0.3 is 9.13 Å². The second-order valence-electron chi connectivity index (χ2n) is 15.0. The molecule has 0 saturated carbocycles. The van der Waals surface area contributed by atoms with E-state index in [-0.39, 0.29) is 22.5 Å². The predicted molar refractivity (Wildman–Crippen MR) is 231 cm³/mol. The van der Waals surface area contributed by atoms with Crippen molar-refractivity contribution in [1.82, 2.24) is 9.13 Å². The number of para-hydroxylation sites is 2. The summed E-state index contributed by atoms with van der Waals surface area (Å²) in [4.78, 5) is 0. The second kappa shape index (κ2) is 14.3. The van der Waals surface area contributed by atoms with Gasteiger partial charge in [-0.2, -0.15) is 36.9 Å². The van der Waals surface area contributed by atoms with Gasteiger partial charge in [0.15, 0.2) is 0 Å². The molecule has 0 spiro atoms. The molecule has 62 heavy (non-hydrogen) atoms. The Morgan fingerprint density at radius 1 is 0.339 bits per heavy atom. The van der Waals surface area contributed by atoms with E-state index in [1.54, 1.807) is 69.8 Å². The van der Waals surface area contributed by atoms with E-state index in [4.69, 9.17) is 0 Å². The molecule has 0 radical (unpaired) electrons. The smallest absolute Gasteiger partial charge is 0.309 e. The van der Waals surface area contributed by atoms with E-state index in [1.807, 2.05) is 72.8 Å². The standard InChI is InChI=1S/C52H28F6N4/c53-51(54,55)43-21-17-37(27-49(43)61-45-7-3-1-5-39(45)41-25-35(19-23-47(41)61)33-13-9-31(29-59)10-14-33)38-18-22-44(52(56,57)58)50(28-38)62-46-8-4-2-6-40(46)42-26-36(20-24-48(42)62)34-15-11-32(30-60)12-16-34/h1-28H. The van der Waals surface area contributed by atoms with Crippen LogP contribution in [0.1, 0.15) is 22.3 Å². The summed E-state index contributed by atoms with van der Waals surface area (Å²) in [6, 6.07) is 50.9. The van der Waals surface area contributed by atoms with Crippen LogP contribution in [0.5, 0.6) is 0 Å². The Bertz CT molecular complexity index is 3270. The van der Waals surface area contributed by atoms with Crippen molar-refractivity contribution in [2.75, 3.05) is 0 Å². The molecule has 10 heteroatoms. The molecule has 2 heterocycles. The fourth-order valence-corrected chi connectivity index (χ4v) is 8.57. The fourth-order valence-electron chi connectivity index (χ4n) is 8.57. The number of nitrogens with zero attached hydrogens (tertiary/aromatic N) is 4. The average Bonchev–Trinajstić information content (AvgIpc) is 3.80. The zero-order valence-electron chi connectivity index (χ0n) is 32.2. The first-order valence-electron chi connectivity index (χ1n) is 19.4. The van der Waals surface area contributed by atoms with Gasteiger partial charge in [0.2, 0.25) is 0 Å². The molecule has 0 amide bonds. The van der Waals surface area contributed by atoms with Crippen LogP contribution in [0.15, 0.2) is 170 Å². The Kier molecular flexibility index (Phi) is 8.79. The van der Waals surface area contributed by atoms with Crippen LogP contribution < -0.4 is 0 Å². The molecular weight excluding hydrogens is 795 g/mol. The third-order valence-electron chi connectivity index (χ3n) is 11.5. The topological polar surface area (TPSA) is 57.4 Å². The highest BCUT2D eigenvalue weighted by atomic mass is 19.4. The number of rotatable bonds is 5. The molecule has 8 aromatic carbocycles. The summed E-state index contributed by atoms with van der Waals surface area (Å²) >= 11 is 0. The lowest BCUT2D eigenvalue weighted by molar-refractivity contribution is -0.138. The molecule has 0 unspecified atom stereocenters. The molecule has 0 fully saturated rings. The van der Waals surface area contributed by atoms with Gasteiger partial charge in [-0.1, -0.05) is 84.9 Å². The molecule has 0 N–H and O–H groups in total. The normalized spacial score (nSPS) is 12.0. The third kappa shape index (κ3) is 6.32. The van der Waals surface area contributed by atoms with Crippen LogP contribution in [0, 0.1) is 22.7 Å². The van der Waals surface area contributed by atoms with E-state index in [9.17, 15) is 10.5 Å². The van der Waals surface area contributed by atoms with E-state index in [0.717, 1.165) is 34.4 Å². The van der Waals surface area contributed by atoms with Crippen molar-refractivity contribution in [3.05, 3.63) is 192 Å². The average molecular weight is 823 g/mol. The first-order valence-corrected chi connectivity index (χ1v) is 19.4. The largest absolute Gasteiger partial charge is 0.418 e. The minimum Gasteiger partial charge on any atom is -0.309 e. The van der Waals surface area contributed by atoms with Crippen molar-refractivity contribution in [3.8, 4) is 56.9 Å². The number of alkyl halides is 6. The highest BCUT2D eigenvalue weighted by molar-refractivity contribution is 6.12. The molecule has 4 nitrogen and oxygen atoms in total. The minimum absolute atomic E-state index is 0.180. The minimum atomic E-state index is -4.78. The summed E-state index contributed by atoms with van der Waals surface area (Å²) in [6.07, 6.45) is -9.56. The van der Waals surface area contributed by atoms with Gasteiger partial charge >= 0.3 is 12.4 Å². The van der Waals surface area contributed by atoms with Crippen molar-refractivity contribution < 1.29 is 26.3 Å². The van der Waals surface area contributed by atoms with Crippen molar-refractivity contribution >= 4 is 43.6 Å². The van der Waals surface area contributed by atoms with Crippen LogP contribution in [0.4, 0.5) is 26.3 Å². The molecule has 0 saturated heterocycles. The van der Waals surface area contributed by atoms with Crippen molar-refractivity contribution in [2.45, 2.75) is 12.4 Å². The quantitative estimate of drug-likeness (QED) is 0.162. The van der Waals surface area contributed by atoms with E-state index in [2.05, 4.69) is 12.1 Å². The summed E-state index contributed by atoms with van der Waals surface area (Å²) in [5.41, 5.74) is 4.69. The number of aromatic nitrogens is 2. The van der Waals surface area contributed by atoms with Crippen molar-refractivity contribution in [3.63, 3.8) is 0 Å². The van der Waals surface area contributed by atoms with Gasteiger partial charge in [0.25, 0.3) is 0 Å². The number of benzene rings is 8. The highest BCUT2D eigenvalue weighted by Crippen LogP contribution is 2.44. The Labute approximate surface area is 350 Å². The van der Waals surface area contributed by atoms with Gasteiger partial charge in [0.05, 0.1) is 67.8 Å². The Balaban J connectivity index is 1.18. The van der Waals surface area contributed by atoms with Crippen LogP contribution in [0.2, 0.25) is 0 Å². The van der Waals surface area contributed by atoms with Gasteiger partial charge in [-0.05, 0) is 118 Å². The van der Waals surface area contributed by atoms with Gasteiger partial charge in [-0.15, -0.1) is 0 Å². The Morgan fingerprint density at radius 2 is 0.661 bits per heavy atom. The lowest BCUT2D eigenvalue weighted by Gasteiger charge is -2.20. The molecule has 0 aliphatic rings. The first-order chi connectivity index (χ1) is 29.9. The molecule has 0 atom stereocenters. The maximum Gasteiger partial charge on any atom is 0.418 e. The second-order valence-corrected chi connectivity index (χ2v) is 15.0. The predicted octanol–water partition coefficient (Wildman–Crippen LogP) is 14.7. The number of hydrogen-bond donors (Lipinski definition) is 0. The Morgan fingerprint density at radius 3 is 1.03 bits per heavy atom. The lowest BCUT2D eigenvalue weighted by Crippen LogP contribution is -2.12. The van der Waals surface area contributed by atoms with Crippen molar-refractivity contribution in [2.24, 2.45) is 0 Å². The zero-order chi connectivity index (χ0) is 42.9. The molecule has 10 rings (SSSR count). The van der Waals surface area contributed by atoms with Gasteiger partial charge in [0, 0.05) is 21.5 Å². The van der Waals surface area contributed by atoms with E-state index in [1.165, 1.54) is 24.3 Å².